The van der Waals surface area contributed by atoms with Crippen LogP contribution in [0.15, 0.2) is 47.3 Å². The lowest BCUT2D eigenvalue weighted by Crippen LogP contribution is -2.39. The number of benzene rings is 2. The highest BCUT2D eigenvalue weighted by molar-refractivity contribution is 6.33. The zero-order valence-electron chi connectivity index (χ0n) is 21.1. The van der Waals surface area contributed by atoms with Crippen molar-refractivity contribution < 1.29 is 22.7 Å². The minimum absolute atomic E-state index is 0.0724. The molecule has 1 heterocycles. The van der Waals surface area contributed by atoms with Crippen molar-refractivity contribution >= 4 is 17.4 Å². The van der Waals surface area contributed by atoms with E-state index in [9.17, 15) is 22.8 Å². The Morgan fingerprint density at radius 3 is 2.38 bits per heavy atom. The van der Waals surface area contributed by atoms with Gasteiger partial charge in [-0.15, -0.1) is 0 Å². The first-order chi connectivity index (χ1) is 17.3. The van der Waals surface area contributed by atoms with Crippen molar-refractivity contribution in [3.8, 4) is 28.5 Å². The third-order valence-electron chi connectivity index (χ3n) is 6.06. The van der Waals surface area contributed by atoms with Gasteiger partial charge in [-0.25, -0.2) is 9.78 Å². The van der Waals surface area contributed by atoms with Gasteiger partial charge in [0.2, 0.25) is 0 Å². The van der Waals surface area contributed by atoms with Crippen molar-refractivity contribution in [1.82, 2.24) is 15.0 Å². The Balaban J connectivity index is 1.82. The number of hydrogen-bond donors (Lipinski definition) is 1. The van der Waals surface area contributed by atoms with E-state index < -0.39 is 23.1 Å². The zero-order valence-corrected chi connectivity index (χ0v) is 21.8. The summed E-state index contributed by atoms with van der Waals surface area (Å²) in [4.78, 5) is 35.5. The largest absolute Gasteiger partial charge is 0.494 e. The number of aryl methyl sites for hydroxylation is 1. The van der Waals surface area contributed by atoms with Gasteiger partial charge in [-0.1, -0.05) is 31.5 Å². The maximum Gasteiger partial charge on any atom is 0.400 e. The Morgan fingerprint density at radius 1 is 1.08 bits per heavy atom. The Hall–Kier alpha value is -3.20. The lowest BCUT2D eigenvalue weighted by Gasteiger charge is -2.26. The van der Waals surface area contributed by atoms with Crippen molar-refractivity contribution in [1.29, 1.82) is 0 Å². The highest BCUT2D eigenvalue weighted by Gasteiger charge is 2.51. The second kappa shape index (κ2) is 11.5. The summed E-state index contributed by atoms with van der Waals surface area (Å²) >= 11 is 6.35. The normalized spacial score (nSPS) is 12.1. The topological polar surface area (TPSA) is 84.9 Å². The van der Waals surface area contributed by atoms with Gasteiger partial charge in [0.25, 0.3) is 0 Å². The monoisotopic (exact) mass is 535 g/mol. The first-order valence-electron chi connectivity index (χ1n) is 11.9. The van der Waals surface area contributed by atoms with E-state index in [0.717, 1.165) is 20.3 Å². The Bertz CT molecular complexity index is 1300. The van der Waals surface area contributed by atoms with E-state index in [1.807, 2.05) is 0 Å². The minimum atomic E-state index is -4.63. The van der Waals surface area contributed by atoms with Crippen molar-refractivity contribution in [2.45, 2.75) is 53.1 Å². The van der Waals surface area contributed by atoms with Crippen LogP contribution in [0.4, 0.5) is 13.2 Å². The van der Waals surface area contributed by atoms with Crippen LogP contribution < -0.4 is 10.4 Å². The van der Waals surface area contributed by atoms with Crippen LogP contribution in [0, 0.1) is 11.3 Å². The first kappa shape index (κ1) is 28.4. The van der Waals surface area contributed by atoms with E-state index in [1.165, 1.54) is 0 Å². The molecule has 0 bridgehead atoms. The van der Waals surface area contributed by atoms with Gasteiger partial charge in [0, 0.05) is 17.5 Å². The van der Waals surface area contributed by atoms with Crippen LogP contribution in [0.3, 0.4) is 0 Å². The summed E-state index contributed by atoms with van der Waals surface area (Å²) in [7, 11) is 0. The summed E-state index contributed by atoms with van der Waals surface area (Å²) < 4.78 is 45.2. The molecule has 1 N–H and O–H groups in total. The molecule has 0 saturated carbocycles. The molecule has 3 rings (SSSR count). The summed E-state index contributed by atoms with van der Waals surface area (Å²) in [6.45, 7) is 6.58. The van der Waals surface area contributed by atoms with Crippen LogP contribution in [-0.2, 0) is 11.2 Å². The van der Waals surface area contributed by atoms with E-state index in [-0.39, 0.29) is 29.5 Å². The molecule has 0 aliphatic heterocycles. The molecule has 0 atom stereocenters. The fourth-order valence-electron chi connectivity index (χ4n) is 3.39. The highest BCUT2D eigenvalue weighted by atomic mass is 35.5. The number of rotatable bonds is 10. The number of carbonyl (C=O) groups excluding carboxylic acids is 1. The molecule has 0 unspecified atom stereocenters. The van der Waals surface area contributed by atoms with Gasteiger partial charge in [-0.3, -0.25) is 9.78 Å². The standard InChI is InChI=1S/C27H29ClF3N3O3/c1-16(2)13-14-37-19-9-7-18(8-10-19)23-32-24(34-25(36)33-23)20-15-17(5-11-21(20)28)6-12-22(35)26(3,4)27(29,30)31/h5,7-11,15-16H,6,12-14H2,1-4H3,(H,32,33,34,36). The molecule has 0 amide bonds. The number of nitrogens with one attached hydrogen (secondary N) is 1. The number of aromatic amines is 1. The number of nitrogens with zero attached hydrogens (tertiary/aromatic N) is 2. The third kappa shape index (κ3) is 7.19. The fraction of sp³-hybridized carbons (Fsp3) is 0.407. The third-order valence-corrected chi connectivity index (χ3v) is 6.39. The van der Waals surface area contributed by atoms with Gasteiger partial charge in [0.15, 0.2) is 5.82 Å². The van der Waals surface area contributed by atoms with E-state index >= 15 is 0 Å². The fourth-order valence-corrected chi connectivity index (χ4v) is 3.60. The zero-order chi connectivity index (χ0) is 27.4. The summed E-state index contributed by atoms with van der Waals surface area (Å²) in [5, 5.41) is 0.278. The maximum absolute atomic E-state index is 13.2. The SMILES string of the molecule is CC(C)CCOc1ccc(-c2nc(-c3cc(CCC(=O)C(C)(C)C(F)(F)F)ccc3Cl)[nH]c(=O)n2)cc1. The van der Waals surface area contributed by atoms with Crippen molar-refractivity contribution in [3.63, 3.8) is 0 Å². The Kier molecular flexibility index (Phi) is 8.79. The number of aromatic nitrogens is 3. The van der Waals surface area contributed by atoms with Gasteiger partial charge in [0.05, 0.1) is 11.6 Å². The molecular weight excluding hydrogens is 507 g/mol. The number of alkyl halides is 3. The number of carbonyl (C=O) groups is 1. The van der Waals surface area contributed by atoms with E-state index in [0.29, 0.717) is 35.0 Å². The number of H-pyrrole nitrogens is 1. The highest BCUT2D eigenvalue weighted by Crippen LogP contribution is 2.39. The van der Waals surface area contributed by atoms with Crippen LogP contribution in [0.2, 0.25) is 5.02 Å². The van der Waals surface area contributed by atoms with Crippen LogP contribution in [0.25, 0.3) is 22.8 Å². The Morgan fingerprint density at radius 2 is 1.76 bits per heavy atom. The van der Waals surface area contributed by atoms with Crippen LogP contribution in [0.5, 0.6) is 5.75 Å². The molecule has 6 nitrogen and oxygen atoms in total. The minimum Gasteiger partial charge on any atom is -0.494 e. The van der Waals surface area contributed by atoms with Crippen molar-refractivity contribution in [2.24, 2.45) is 11.3 Å². The molecule has 0 aliphatic rings. The quantitative estimate of drug-likeness (QED) is 0.313. The average Bonchev–Trinajstić information content (AvgIpc) is 2.82. The summed E-state index contributed by atoms with van der Waals surface area (Å²) in [6.07, 6.45) is -3.94. The number of ether oxygens (including phenoxy) is 1. The lowest BCUT2D eigenvalue weighted by atomic mass is 9.84. The van der Waals surface area contributed by atoms with Crippen LogP contribution >= 0.6 is 11.6 Å². The maximum atomic E-state index is 13.2. The molecule has 0 fully saturated rings. The van der Waals surface area contributed by atoms with E-state index in [1.54, 1.807) is 42.5 Å². The molecule has 1 aromatic heterocycles. The molecule has 3 aromatic rings. The second-order valence-corrected chi connectivity index (χ2v) is 10.1. The molecule has 2 aromatic carbocycles. The number of Topliss-reactive ketones (excluding diaryl/α,β-unsaturated/α-hetero) is 1. The van der Waals surface area contributed by atoms with Crippen LogP contribution in [0.1, 0.15) is 46.1 Å². The predicted octanol–water partition coefficient (Wildman–Crippen LogP) is 6.67. The lowest BCUT2D eigenvalue weighted by molar-refractivity contribution is -0.210. The van der Waals surface area contributed by atoms with Crippen LogP contribution in [-0.4, -0.2) is 33.5 Å². The Labute approximate surface area is 218 Å². The van der Waals surface area contributed by atoms with Gasteiger partial charge in [0.1, 0.15) is 22.8 Å². The molecule has 198 valence electrons. The van der Waals surface area contributed by atoms with Gasteiger partial charge >= 0.3 is 11.9 Å². The number of hydrogen-bond acceptors (Lipinski definition) is 5. The van der Waals surface area contributed by atoms with Crippen molar-refractivity contribution in [2.75, 3.05) is 6.61 Å². The molecular formula is C27H29ClF3N3O3. The summed E-state index contributed by atoms with van der Waals surface area (Å²) in [5.41, 5.74) is -1.54. The number of ketones is 1. The summed E-state index contributed by atoms with van der Waals surface area (Å²) in [5.74, 6) is 0.635. The van der Waals surface area contributed by atoms with Gasteiger partial charge in [-0.05, 0) is 74.6 Å². The molecule has 10 heteroatoms. The first-order valence-corrected chi connectivity index (χ1v) is 12.3. The number of halogens is 4. The molecule has 0 radical (unpaired) electrons. The predicted molar refractivity (Wildman–Crippen MR) is 137 cm³/mol. The second-order valence-electron chi connectivity index (χ2n) is 9.74. The average molecular weight is 536 g/mol. The van der Waals surface area contributed by atoms with Crippen molar-refractivity contribution in [3.05, 3.63) is 63.5 Å². The molecule has 0 saturated heterocycles. The van der Waals surface area contributed by atoms with E-state index in [4.69, 9.17) is 16.3 Å². The molecule has 37 heavy (non-hydrogen) atoms. The van der Waals surface area contributed by atoms with Gasteiger partial charge < -0.3 is 4.74 Å². The van der Waals surface area contributed by atoms with Gasteiger partial charge in [-0.2, -0.15) is 18.2 Å². The van der Waals surface area contributed by atoms with E-state index in [2.05, 4.69) is 28.8 Å². The smallest absolute Gasteiger partial charge is 0.400 e. The molecule has 0 aliphatic carbocycles. The summed E-state index contributed by atoms with van der Waals surface area (Å²) in [6, 6.07) is 11.8. The molecule has 0 spiro atoms.